The lowest BCUT2D eigenvalue weighted by Gasteiger charge is -2.35. The van der Waals surface area contributed by atoms with E-state index in [1.807, 2.05) is 32.9 Å². The Morgan fingerprint density at radius 3 is 1.54 bits per heavy atom. The van der Waals surface area contributed by atoms with Crippen LogP contribution in [0.25, 0.3) is 21.5 Å². The first kappa shape index (κ1) is 34.6. The van der Waals surface area contributed by atoms with Gasteiger partial charge in [-0.15, -0.1) is 0 Å². The Balaban J connectivity index is 0.000000541. The van der Waals surface area contributed by atoms with Gasteiger partial charge in [-0.3, -0.25) is 0 Å². The van der Waals surface area contributed by atoms with Crippen LogP contribution in [0.3, 0.4) is 0 Å². The van der Waals surface area contributed by atoms with Gasteiger partial charge < -0.3 is 30.3 Å². The quantitative estimate of drug-likeness (QED) is 0.120. The second-order valence-corrected chi connectivity index (χ2v) is 12.1. The van der Waals surface area contributed by atoms with E-state index in [1.165, 1.54) is 37.7 Å². The Labute approximate surface area is 272 Å². The number of benzene rings is 5. The van der Waals surface area contributed by atoms with Crippen LogP contribution in [0.15, 0.2) is 84.9 Å². The first-order valence-electron chi connectivity index (χ1n) is 16.3. The summed E-state index contributed by atoms with van der Waals surface area (Å²) in [5, 5.41) is 54.2. The highest BCUT2D eigenvalue weighted by molar-refractivity contribution is 5.95. The lowest BCUT2D eigenvalue weighted by atomic mass is 9.67. The monoisotopic (exact) mass is 624 g/mol. The molecule has 0 spiro atoms. The summed E-state index contributed by atoms with van der Waals surface area (Å²) in [6.07, 6.45) is 7.11. The Bertz CT molecular complexity index is 1620. The number of fused-ring (bicyclic) bond motifs is 2. The number of hydrogen-bond donors (Lipinski definition) is 5. The maximum Gasteiger partial charge on any atom is 0.120 e. The predicted octanol–water partition coefficient (Wildman–Crippen LogP) is 9.26. The minimum Gasteiger partial charge on any atom is -0.508 e. The molecule has 6 heteroatoms. The van der Waals surface area contributed by atoms with Gasteiger partial charge in [0.2, 0.25) is 0 Å². The molecule has 6 nitrogen and oxygen atoms in total. The van der Waals surface area contributed by atoms with Crippen LogP contribution in [0.2, 0.25) is 0 Å². The molecule has 0 amide bonds. The van der Waals surface area contributed by atoms with Gasteiger partial charge in [0, 0.05) is 31.5 Å². The molecule has 0 radical (unpaired) electrons. The summed E-state index contributed by atoms with van der Waals surface area (Å²) < 4.78 is 4.54. The summed E-state index contributed by atoms with van der Waals surface area (Å²) in [6, 6.07) is 25.8. The van der Waals surface area contributed by atoms with Crippen LogP contribution in [0, 0.1) is 0 Å². The smallest absolute Gasteiger partial charge is 0.120 e. The second kappa shape index (κ2) is 15.8. The number of phenols is 4. The molecule has 244 valence electrons. The molecule has 5 aromatic carbocycles. The van der Waals surface area contributed by atoms with E-state index >= 15 is 0 Å². The third-order valence-corrected chi connectivity index (χ3v) is 9.04. The lowest BCUT2D eigenvalue weighted by Crippen LogP contribution is -2.26. The fourth-order valence-corrected chi connectivity index (χ4v) is 6.60. The normalized spacial score (nSPS) is 13.5. The van der Waals surface area contributed by atoms with Crippen LogP contribution in [0.1, 0.15) is 87.5 Å². The molecule has 1 saturated carbocycles. The van der Waals surface area contributed by atoms with Gasteiger partial charge in [-0.2, -0.15) is 0 Å². The molecule has 0 saturated heterocycles. The van der Waals surface area contributed by atoms with E-state index < -0.39 is 5.41 Å². The van der Waals surface area contributed by atoms with E-state index in [-0.39, 0.29) is 23.0 Å². The van der Waals surface area contributed by atoms with Crippen LogP contribution in [-0.4, -0.2) is 45.9 Å². The fraction of sp³-hybridized carbons (Fsp3) is 0.350. The van der Waals surface area contributed by atoms with Crippen molar-refractivity contribution in [1.29, 1.82) is 0 Å². The van der Waals surface area contributed by atoms with E-state index in [4.69, 9.17) is 5.11 Å². The van der Waals surface area contributed by atoms with Gasteiger partial charge in [0.05, 0.1) is 5.41 Å². The highest BCUT2D eigenvalue weighted by Gasteiger charge is 2.39. The van der Waals surface area contributed by atoms with Crippen molar-refractivity contribution in [3.05, 3.63) is 107 Å². The maximum absolute atomic E-state index is 11.4. The van der Waals surface area contributed by atoms with E-state index in [0.29, 0.717) is 23.7 Å². The maximum atomic E-state index is 11.4. The van der Waals surface area contributed by atoms with Crippen molar-refractivity contribution in [2.24, 2.45) is 0 Å². The summed E-state index contributed by atoms with van der Waals surface area (Å²) in [5.74, 6) is 1.08. The minimum absolute atomic E-state index is 0.109. The number of aromatic hydroxyl groups is 4. The molecular weight excluding hydrogens is 576 g/mol. The lowest BCUT2D eigenvalue weighted by molar-refractivity contribution is 0.215. The van der Waals surface area contributed by atoms with Gasteiger partial charge >= 0.3 is 0 Å². The molecule has 6 rings (SSSR count). The SMILES string of the molecule is CC(c1ccc(C2CCCCC2)cc1)(c1c(O)ccc2cc(O)ccc12)c1c(O)ccc2cc(O)ccc12.CCCO.CCOC. The molecule has 1 aliphatic carbocycles. The zero-order valence-electron chi connectivity index (χ0n) is 27.5. The summed E-state index contributed by atoms with van der Waals surface area (Å²) in [4.78, 5) is 0. The van der Waals surface area contributed by atoms with E-state index in [1.54, 1.807) is 55.6 Å². The molecule has 0 heterocycles. The van der Waals surface area contributed by atoms with Crippen molar-refractivity contribution in [2.75, 3.05) is 20.3 Å². The molecular formula is C40H48O6. The average Bonchev–Trinajstić information content (AvgIpc) is 3.08. The molecule has 1 fully saturated rings. The first-order valence-corrected chi connectivity index (χ1v) is 16.3. The van der Waals surface area contributed by atoms with Crippen LogP contribution < -0.4 is 0 Å². The van der Waals surface area contributed by atoms with Crippen molar-refractivity contribution >= 4 is 21.5 Å². The first-order chi connectivity index (χ1) is 22.2. The van der Waals surface area contributed by atoms with Crippen LogP contribution >= 0.6 is 0 Å². The minimum atomic E-state index is -0.966. The van der Waals surface area contributed by atoms with E-state index in [0.717, 1.165) is 40.1 Å². The van der Waals surface area contributed by atoms with Crippen LogP contribution in [0.4, 0.5) is 0 Å². The molecule has 0 aromatic heterocycles. The third kappa shape index (κ3) is 7.41. The zero-order valence-corrected chi connectivity index (χ0v) is 27.5. The summed E-state index contributed by atoms with van der Waals surface area (Å²) in [6.45, 7) is 7.06. The van der Waals surface area contributed by atoms with Crippen LogP contribution in [-0.2, 0) is 10.2 Å². The van der Waals surface area contributed by atoms with E-state index in [9.17, 15) is 20.4 Å². The Kier molecular flexibility index (Phi) is 11.9. The topological polar surface area (TPSA) is 110 Å². The Morgan fingerprint density at radius 1 is 0.674 bits per heavy atom. The Hall–Kier alpha value is -4.26. The number of aliphatic hydroxyl groups excluding tert-OH is 1. The zero-order chi connectivity index (χ0) is 33.3. The molecule has 46 heavy (non-hydrogen) atoms. The number of methoxy groups -OCH3 is 1. The molecule has 5 aromatic rings. The van der Waals surface area contributed by atoms with Crippen molar-refractivity contribution in [1.82, 2.24) is 0 Å². The number of rotatable bonds is 6. The van der Waals surface area contributed by atoms with Crippen LogP contribution in [0.5, 0.6) is 23.0 Å². The Morgan fingerprint density at radius 2 is 1.13 bits per heavy atom. The van der Waals surface area contributed by atoms with Gasteiger partial charge in [-0.25, -0.2) is 0 Å². The van der Waals surface area contributed by atoms with Gasteiger partial charge in [-0.05, 0) is 108 Å². The average molecular weight is 625 g/mol. The summed E-state index contributed by atoms with van der Waals surface area (Å²) in [7, 11) is 1.68. The van der Waals surface area contributed by atoms with Crippen molar-refractivity contribution < 1.29 is 30.3 Å². The largest absolute Gasteiger partial charge is 0.508 e. The number of aliphatic hydroxyl groups is 1. The predicted molar refractivity (Wildman–Crippen MR) is 187 cm³/mol. The molecule has 0 unspecified atom stereocenters. The molecule has 0 atom stereocenters. The van der Waals surface area contributed by atoms with Gasteiger partial charge in [0.15, 0.2) is 0 Å². The van der Waals surface area contributed by atoms with Gasteiger partial charge in [0.25, 0.3) is 0 Å². The summed E-state index contributed by atoms with van der Waals surface area (Å²) in [5.41, 5.74) is 2.60. The molecule has 0 bridgehead atoms. The number of hydrogen-bond acceptors (Lipinski definition) is 6. The van der Waals surface area contributed by atoms with Crippen molar-refractivity contribution in [3.8, 4) is 23.0 Å². The van der Waals surface area contributed by atoms with E-state index in [2.05, 4.69) is 29.0 Å². The second-order valence-electron chi connectivity index (χ2n) is 12.1. The van der Waals surface area contributed by atoms with Crippen molar-refractivity contribution in [3.63, 3.8) is 0 Å². The summed E-state index contributed by atoms with van der Waals surface area (Å²) >= 11 is 0. The fourth-order valence-electron chi connectivity index (χ4n) is 6.60. The van der Waals surface area contributed by atoms with Gasteiger partial charge in [-0.1, -0.05) is 74.7 Å². The third-order valence-electron chi connectivity index (χ3n) is 9.04. The van der Waals surface area contributed by atoms with Gasteiger partial charge in [0.1, 0.15) is 23.0 Å². The highest BCUT2D eigenvalue weighted by Crippen LogP contribution is 2.51. The van der Waals surface area contributed by atoms with Crippen molar-refractivity contribution in [2.45, 2.75) is 70.6 Å². The standard InChI is InChI=1S/C34H32O4.2C3H8O/c1-34(25-11-7-22(8-12-25)21-5-3-2-4-6-21,32-28-15-13-26(35)19-23(28)9-17-30(32)37)33-29-16-14-27(36)20-24(29)10-18-31(33)38;1-3-4-2;1-2-3-4/h7-21,35-38H,2-6H2,1H3;3H2,1-2H3;4H,2-3H2,1H3. The highest BCUT2D eigenvalue weighted by atomic mass is 16.5. The molecule has 5 N–H and O–H groups in total. The molecule has 1 aliphatic rings. The number of phenolic OH excluding ortho intramolecular Hbond substituents is 4. The number of ether oxygens (including phenoxy) is 1. The molecule has 0 aliphatic heterocycles.